The average molecular weight is 243 g/mol. The van der Waals surface area contributed by atoms with E-state index in [0.29, 0.717) is 13.0 Å². The molecule has 0 saturated heterocycles. The van der Waals surface area contributed by atoms with Crippen LogP contribution in [0.4, 0.5) is 0 Å². The monoisotopic (exact) mass is 243 g/mol. The summed E-state index contributed by atoms with van der Waals surface area (Å²) in [5, 5.41) is 9.04. The molecule has 0 amide bonds. The minimum absolute atomic E-state index is 0.298. The number of fused-ring (bicyclic) bond motifs is 1. The van der Waals surface area contributed by atoms with Crippen LogP contribution in [-0.2, 0) is 17.8 Å². The molecule has 0 aliphatic carbocycles. The third kappa shape index (κ3) is 1.77. The molecule has 18 heavy (non-hydrogen) atoms. The van der Waals surface area contributed by atoms with E-state index in [-0.39, 0.29) is 5.92 Å². The molecule has 1 atom stereocenters. The summed E-state index contributed by atoms with van der Waals surface area (Å²) in [6, 6.07) is 3.85. The second kappa shape index (κ2) is 4.25. The Morgan fingerprint density at radius 3 is 3.11 bits per heavy atom. The minimum Gasteiger partial charge on any atom is -0.481 e. The summed E-state index contributed by atoms with van der Waals surface area (Å²) in [5.74, 6) is -1.02. The van der Waals surface area contributed by atoms with Crippen molar-refractivity contribution >= 4 is 5.97 Å². The number of aromatic nitrogens is 3. The largest absolute Gasteiger partial charge is 0.481 e. The molecule has 2 aromatic heterocycles. The zero-order chi connectivity index (χ0) is 12.5. The van der Waals surface area contributed by atoms with E-state index in [9.17, 15) is 4.79 Å². The number of imidazole rings is 1. The summed E-state index contributed by atoms with van der Waals surface area (Å²) >= 11 is 0. The van der Waals surface area contributed by atoms with Crippen LogP contribution in [0.1, 0.15) is 12.1 Å². The first-order chi connectivity index (χ1) is 8.75. The Balaban J connectivity index is 1.96. The van der Waals surface area contributed by atoms with Crippen LogP contribution in [0.2, 0.25) is 0 Å². The lowest BCUT2D eigenvalue weighted by molar-refractivity contribution is -0.142. The molecule has 3 heterocycles. The molecule has 92 valence electrons. The molecule has 1 aliphatic heterocycles. The Labute approximate surface area is 104 Å². The Hall–Kier alpha value is -2.17. The number of carboxylic acid groups (broad SMARTS) is 1. The zero-order valence-corrected chi connectivity index (χ0v) is 9.78. The predicted molar refractivity (Wildman–Crippen MR) is 64.9 cm³/mol. The molecule has 5 nitrogen and oxygen atoms in total. The van der Waals surface area contributed by atoms with Gasteiger partial charge in [0.2, 0.25) is 0 Å². The maximum atomic E-state index is 11.0. The number of hydrogen-bond acceptors (Lipinski definition) is 3. The van der Waals surface area contributed by atoms with E-state index in [0.717, 1.165) is 23.4 Å². The van der Waals surface area contributed by atoms with Crippen molar-refractivity contribution in [2.75, 3.05) is 0 Å². The lowest BCUT2D eigenvalue weighted by atomic mass is 9.96. The zero-order valence-electron chi connectivity index (χ0n) is 9.78. The predicted octanol–water partition coefficient (Wildman–Crippen LogP) is 1.59. The standard InChI is InChI=1S/C13H13N3O2/c17-13(18)10-3-4-11-12(15-8-16(11)7-10)9-2-1-5-14-6-9/h1-2,5-6,8,10H,3-4,7H2,(H,17,18). The van der Waals surface area contributed by atoms with Crippen LogP contribution < -0.4 is 0 Å². The van der Waals surface area contributed by atoms with Crippen molar-refractivity contribution in [3.8, 4) is 11.3 Å². The van der Waals surface area contributed by atoms with Crippen molar-refractivity contribution in [2.24, 2.45) is 5.92 Å². The molecule has 0 bridgehead atoms. The maximum Gasteiger partial charge on any atom is 0.308 e. The van der Waals surface area contributed by atoms with Crippen LogP contribution in [0.25, 0.3) is 11.3 Å². The van der Waals surface area contributed by atoms with Crippen molar-refractivity contribution in [1.29, 1.82) is 0 Å². The first kappa shape index (κ1) is 11.0. The van der Waals surface area contributed by atoms with E-state index >= 15 is 0 Å². The van der Waals surface area contributed by atoms with E-state index in [1.165, 1.54) is 0 Å². The van der Waals surface area contributed by atoms with Crippen molar-refractivity contribution in [2.45, 2.75) is 19.4 Å². The van der Waals surface area contributed by atoms with Gasteiger partial charge in [0.05, 0.1) is 17.9 Å². The fourth-order valence-corrected chi connectivity index (χ4v) is 2.41. The number of pyridine rings is 1. The highest BCUT2D eigenvalue weighted by Crippen LogP contribution is 2.28. The highest BCUT2D eigenvalue weighted by atomic mass is 16.4. The maximum absolute atomic E-state index is 11.0. The van der Waals surface area contributed by atoms with Crippen LogP contribution >= 0.6 is 0 Å². The lowest BCUT2D eigenvalue weighted by Gasteiger charge is -2.21. The first-order valence-corrected chi connectivity index (χ1v) is 5.93. The third-order valence-electron chi connectivity index (χ3n) is 3.38. The molecule has 1 unspecified atom stereocenters. The molecule has 0 radical (unpaired) electrons. The Morgan fingerprint density at radius 1 is 1.50 bits per heavy atom. The molecule has 5 heteroatoms. The molecule has 0 saturated carbocycles. The molecule has 0 aromatic carbocycles. The van der Waals surface area contributed by atoms with Crippen LogP contribution in [-0.4, -0.2) is 25.6 Å². The lowest BCUT2D eigenvalue weighted by Crippen LogP contribution is -2.26. The van der Waals surface area contributed by atoms with Gasteiger partial charge in [-0.15, -0.1) is 0 Å². The summed E-state index contributed by atoms with van der Waals surface area (Å²) in [7, 11) is 0. The summed E-state index contributed by atoms with van der Waals surface area (Å²) < 4.78 is 1.95. The van der Waals surface area contributed by atoms with Crippen molar-refractivity contribution in [3.63, 3.8) is 0 Å². The Bertz CT molecular complexity index is 577. The number of hydrogen-bond donors (Lipinski definition) is 1. The second-order valence-electron chi connectivity index (χ2n) is 4.51. The summed E-state index contributed by atoms with van der Waals surface area (Å²) in [6.07, 6.45) is 6.67. The average Bonchev–Trinajstić information content (AvgIpc) is 2.82. The molecule has 0 spiro atoms. The van der Waals surface area contributed by atoms with Gasteiger partial charge in [-0.05, 0) is 25.0 Å². The number of nitrogens with zero attached hydrogens (tertiary/aromatic N) is 3. The molecule has 1 aliphatic rings. The SMILES string of the molecule is O=C(O)C1CCc2c(-c3cccnc3)ncn2C1. The van der Waals surface area contributed by atoms with Gasteiger partial charge in [-0.3, -0.25) is 9.78 Å². The molecule has 1 N–H and O–H groups in total. The molecule has 3 rings (SSSR count). The van der Waals surface area contributed by atoms with E-state index in [4.69, 9.17) is 5.11 Å². The number of aliphatic carboxylic acids is 1. The van der Waals surface area contributed by atoms with Crippen LogP contribution in [0, 0.1) is 5.92 Å². The topological polar surface area (TPSA) is 68.0 Å². The Kier molecular flexibility index (Phi) is 2.59. The van der Waals surface area contributed by atoms with Crippen LogP contribution in [0.5, 0.6) is 0 Å². The normalized spacial score (nSPS) is 18.3. The summed E-state index contributed by atoms with van der Waals surface area (Å²) in [5.41, 5.74) is 3.02. The van der Waals surface area contributed by atoms with Crippen molar-refractivity contribution in [1.82, 2.24) is 14.5 Å². The van der Waals surface area contributed by atoms with Crippen molar-refractivity contribution < 1.29 is 9.90 Å². The van der Waals surface area contributed by atoms with Gasteiger partial charge in [0.1, 0.15) is 0 Å². The Morgan fingerprint density at radius 2 is 2.39 bits per heavy atom. The van der Waals surface area contributed by atoms with Gasteiger partial charge in [0.15, 0.2) is 0 Å². The number of carbonyl (C=O) groups is 1. The fourth-order valence-electron chi connectivity index (χ4n) is 2.41. The van der Waals surface area contributed by atoms with E-state index in [1.807, 2.05) is 16.7 Å². The van der Waals surface area contributed by atoms with Crippen molar-refractivity contribution in [3.05, 3.63) is 36.5 Å². The number of carboxylic acids is 1. The van der Waals surface area contributed by atoms with Crippen LogP contribution in [0.15, 0.2) is 30.9 Å². The highest BCUT2D eigenvalue weighted by Gasteiger charge is 2.26. The first-order valence-electron chi connectivity index (χ1n) is 5.93. The summed E-state index contributed by atoms with van der Waals surface area (Å²) in [4.78, 5) is 19.5. The molecule has 2 aromatic rings. The molecular weight excluding hydrogens is 230 g/mol. The van der Waals surface area contributed by atoms with E-state index < -0.39 is 5.97 Å². The second-order valence-corrected chi connectivity index (χ2v) is 4.51. The third-order valence-corrected chi connectivity index (χ3v) is 3.38. The molecular formula is C13H13N3O2. The smallest absolute Gasteiger partial charge is 0.308 e. The van der Waals surface area contributed by atoms with Gasteiger partial charge < -0.3 is 9.67 Å². The van der Waals surface area contributed by atoms with Gasteiger partial charge in [-0.25, -0.2) is 4.98 Å². The number of rotatable bonds is 2. The van der Waals surface area contributed by atoms with E-state index in [1.54, 1.807) is 18.7 Å². The molecule has 0 fully saturated rings. The highest BCUT2D eigenvalue weighted by molar-refractivity contribution is 5.70. The van der Waals surface area contributed by atoms with Gasteiger partial charge in [0.25, 0.3) is 0 Å². The van der Waals surface area contributed by atoms with E-state index in [2.05, 4.69) is 9.97 Å². The van der Waals surface area contributed by atoms with Gasteiger partial charge in [-0.1, -0.05) is 0 Å². The summed E-state index contributed by atoms with van der Waals surface area (Å²) in [6.45, 7) is 0.512. The fraction of sp³-hybridized carbons (Fsp3) is 0.308. The quantitative estimate of drug-likeness (QED) is 0.869. The van der Waals surface area contributed by atoms with Gasteiger partial charge in [0, 0.05) is 30.2 Å². The van der Waals surface area contributed by atoms with Crippen LogP contribution in [0.3, 0.4) is 0 Å². The van der Waals surface area contributed by atoms with Gasteiger partial charge >= 0.3 is 5.97 Å². The minimum atomic E-state index is -0.725. The van der Waals surface area contributed by atoms with Gasteiger partial charge in [-0.2, -0.15) is 0 Å².